The third-order valence-electron chi connectivity index (χ3n) is 1.76. The van der Waals surface area contributed by atoms with E-state index in [-0.39, 0.29) is 0 Å². The summed E-state index contributed by atoms with van der Waals surface area (Å²) in [5.41, 5.74) is 1.91. The standard InChI is InChI=1S/C8H14N2O/c1-4-7-5-8(6(2)11)10(3)9-7/h5-6,11H,4H2,1-3H3. The highest BCUT2D eigenvalue weighted by Crippen LogP contribution is 2.12. The van der Waals surface area contributed by atoms with Gasteiger partial charge in [-0.2, -0.15) is 5.10 Å². The molecule has 0 aliphatic carbocycles. The number of aliphatic hydroxyl groups is 1. The quantitative estimate of drug-likeness (QED) is 0.691. The molecule has 0 aliphatic heterocycles. The molecule has 1 rings (SSSR count). The molecule has 62 valence electrons. The second-order valence-corrected chi connectivity index (χ2v) is 2.71. The van der Waals surface area contributed by atoms with Crippen molar-refractivity contribution >= 4 is 0 Å². The van der Waals surface area contributed by atoms with Gasteiger partial charge in [0.25, 0.3) is 0 Å². The Morgan fingerprint density at radius 2 is 2.36 bits per heavy atom. The molecule has 0 aliphatic rings. The summed E-state index contributed by atoms with van der Waals surface area (Å²) in [5.74, 6) is 0. The van der Waals surface area contributed by atoms with Gasteiger partial charge >= 0.3 is 0 Å². The maximum Gasteiger partial charge on any atom is 0.0928 e. The van der Waals surface area contributed by atoms with Crippen molar-refractivity contribution in [1.82, 2.24) is 9.78 Å². The molecule has 0 aromatic carbocycles. The van der Waals surface area contributed by atoms with Crippen LogP contribution in [0.1, 0.15) is 31.3 Å². The van der Waals surface area contributed by atoms with Gasteiger partial charge in [0.2, 0.25) is 0 Å². The molecule has 0 spiro atoms. The molecule has 0 bridgehead atoms. The van der Waals surface area contributed by atoms with Crippen molar-refractivity contribution in [2.75, 3.05) is 0 Å². The maximum absolute atomic E-state index is 9.25. The molecule has 1 heterocycles. The second kappa shape index (κ2) is 3.05. The fraction of sp³-hybridized carbons (Fsp3) is 0.625. The zero-order chi connectivity index (χ0) is 8.43. The molecule has 0 saturated heterocycles. The van der Waals surface area contributed by atoms with Crippen LogP contribution in [0.25, 0.3) is 0 Å². The first-order valence-electron chi connectivity index (χ1n) is 3.86. The van der Waals surface area contributed by atoms with Crippen LogP contribution >= 0.6 is 0 Å². The number of aliphatic hydroxyl groups excluding tert-OH is 1. The average molecular weight is 154 g/mol. The summed E-state index contributed by atoms with van der Waals surface area (Å²) in [6.07, 6.45) is 0.494. The summed E-state index contributed by atoms with van der Waals surface area (Å²) >= 11 is 0. The molecule has 3 nitrogen and oxygen atoms in total. The van der Waals surface area contributed by atoms with Crippen LogP contribution < -0.4 is 0 Å². The van der Waals surface area contributed by atoms with E-state index < -0.39 is 6.10 Å². The number of aromatic nitrogens is 2. The molecule has 3 heteroatoms. The number of aryl methyl sites for hydroxylation is 2. The average Bonchev–Trinajstić information content (AvgIpc) is 2.30. The predicted octanol–water partition coefficient (Wildman–Crippen LogP) is 1.04. The Hall–Kier alpha value is -0.830. The Morgan fingerprint density at radius 3 is 2.64 bits per heavy atom. The zero-order valence-corrected chi connectivity index (χ0v) is 7.20. The van der Waals surface area contributed by atoms with Gasteiger partial charge in [0, 0.05) is 7.05 Å². The first-order valence-corrected chi connectivity index (χ1v) is 3.86. The summed E-state index contributed by atoms with van der Waals surface area (Å²) in [6, 6.07) is 1.94. The van der Waals surface area contributed by atoms with Crippen molar-refractivity contribution in [2.24, 2.45) is 7.05 Å². The normalized spacial score (nSPS) is 13.5. The Morgan fingerprint density at radius 1 is 1.73 bits per heavy atom. The predicted molar refractivity (Wildman–Crippen MR) is 43.2 cm³/mol. The van der Waals surface area contributed by atoms with Gasteiger partial charge in [-0.15, -0.1) is 0 Å². The third kappa shape index (κ3) is 1.60. The largest absolute Gasteiger partial charge is 0.387 e. The molecular formula is C8H14N2O. The SMILES string of the molecule is CCc1cc(C(C)O)n(C)n1. The van der Waals surface area contributed by atoms with Gasteiger partial charge < -0.3 is 5.11 Å². The number of hydrogen-bond acceptors (Lipinski definition) is 2. The van der Waals surface area contributed by atoms with Crippen LogP contribution in [0.5, 0.6) is 0 Å². The Labute approximate surface area is 66.7 Å². The summed E-state index contributed by atoms with van der Waals surface area (Å²) in [5, 5.41) is 13.5. The summed E-state index contributed by atoms with van der Waals surface area (Å²) in [6.45, 7) is 3.80. The Balaban J connectivity index is 2.97. The van der Waals surface area contributed by atoms with Gasteiger partial charge in [-0.25, -0.2) is 0 Å². The van der Waals surface area contributed by atoms with E-state index >= 15 is 0 Å². The van der Waals surface area contributed by atoms with Crippen molar-refractivity contribution in [3.05, 3.63) is 17.5 Å². The fourth-order valence-electron chi connectivity index (χ4n) is 1.11. The molecule has 1 atom stereocenters. The first kappa shape index (κ1) is 8.27. The third-order valence-corrected chi connectivity index (χ3v) is 1.76. The summed E-state index contributed by atoms with van der Waals surface area (Å²) in [7, 11) is 1.85. The monoisotopic (exact) mass is 154 g/mol. The van der Waals surface area contributed by atoms with E-state index in [4.69, 9.17) is 0 Å². The molecule has 1 unspecified atom stereocenters. The molecule has 0 amide bonds. The van der Waals surface area contributed by atoms with E-state index in [0.717, 1.165) is 17.8 Å². The molecule has 0 fully saturated rings. The van der Waals surface area contributed by atoms with Crippen molar-refractivity contribution in [1.29, 1.82) is 0 Å². The van der Waals surface area contributed by atoms with Gasteiger partial charge in [0.1, 0.15) is 0 Å². The molecule has 11 heavy (non-hydrogen) atoms. The minimum absolute atomic E-state index is 0.423. The molecule has 1 aromatic heterocycles. The topological polar surface area (TPSA) is 38.0 Å². The Bertz CT molecular complexity index is 240. The van der Waals surface area contributed by atoms with E-state index in [9.17, 15) is 5.11 Å². The van der Waals surface area contributed by atoms with Crippen LogP contribution in [0.2, 0.25) is 0 Å². The molecule has 1 N–H and O–H groups in total. The van der Waals surface area contributed by atoms with Crippen LogP contribution in [0.15, 0.2) is 6.07 Å². The van der Waals surface area contributed by atoms with Gasteiger partial charge in [-0.05, 0) is 19.4 Å². The van der Waals surface area contributed by atoms with Crippen LogP contribution in [0.4, 0.5) is 0 Å². The molecule has 1 aromatic rings. The molecule has 0 saturated carbocycles. The second-order valence-electron chi connectivity index (χ2n) is 2.71. The van der Waals surface area contributed by atoms with Gasteiger partial charge in [-0.1, -0.05) is 6.92 Å². The van der Waals surface area contributed by atoms with Gasteiger partial charge in [0.15, 0.2) is 0 Å². The Kier molecular flexibility index (Phi) is 2.29. The van der Waals surface area contributed by atoms with E-state index in [0.29, 0.717) is 0 Å². The number of rotatable bonds is 2. The first-order chi connectivity index (χ1) is 5.15. The summed E-state index contributed by atoms with van der Waals surface area (Å²) < 4.78 is 1.73. The van der Waals surface area contributed by atoms with Crippen LogP contribution in [0, 0.1) is 0 Å². The lowest BCUT2D eigenvalue weighted by Gasteiger charge is -2.02. The molecule has 0 radical (unpaired) electrons. The maximum atomic E-state index is 9.25. The highest BCUT2D eigenvalue weighted by Gasteiger charge is 2.07. The minimum Gasteiger partial charge on any atom is -0.387 e. The highest BCUT2D eigenvalue weighted by atomic mass is 16.3. The van der Waals surface area contributed by atoms with E-state index in [2.05, 4.69) is 5.10 Å². The van der Waals surface area contributed by atoms with Crippen molar-refractivity contribution in [2.45, 2.75) is 26.4 Å². The molecular weight excluding hydrogens is 140 g/mol. The van der Waals surface area contributed by atoms with Crippen LogP contribution in [-0.4, -0.2) is 14.9 Å². The summed E-state index contributed by atoms with van der Waals surface area (Å²) in [4.78, 5) is 0. The zero-order valence-electron chi connectivity index (χ0n) is 7.20. The van der Waals surface area contributed by atoms with Crippen molar-refractivity contribution in [3.63, 3.8) is 0 Å². The number of hydrogen-bond donors (Lipinski definition) is 1. The van der Waals surface area contributed by atoms with Gasteiger partial charge in [-0.3, -0.25) is 4.68 Å². The minimum atomic E-state index is -0.423. The smallest absolute Gasteiger partial charge is 0.0928 e. The van der Waals surface area contributed by atoms with E-state index in [1.54, 1.807) is 11.6 Å². The van der Waals surface area contributed by atoms with Crippen molar-refractivity contribution in [3.8, 4) is 0 Å². The lowest BCUT2D eigenvalue weighted by Crippen LogP contribution is -2.01. The highest BCUT2D eigenvalue weighted by molar-refractivity contribution is 5.11. The van der Waals surface area contributed by atoms with Crippen molar-refractivity contribution < 1.29 is 5.11 Å². The van der Waals surface area contributed by atoms with Crippen LogP contribution in [0.3, 0.4) is 0 Å². The number of nitrogens with zero attached hydrogens (tertiary/aromatic N) is 2. The van der Waals surface area contributed by atoms with E-state index in [1.165, 1.54) is 0 Å². The van der Waals surface area contributed by atoms with Crippen LogP contribution in [-0.2, 0) is 13.5 Å². The van der Waals surface area contributed by atoms with Gasteiger partial charge in [0.05, 0.1) is 17.5 Å². The lowest BCUT2D eigenvalue weighted by atomic mass is 10.2. The van der Waals surface area contributed by atoms with E-state index in [1.807, 2.05) is 20.0 Å². The lowest BCUT2D eigenvalue weighted by molar-refractivity contribution is 0.189. The fourth-order valence-corrected chi connectivity index (χ4v) is 1.11.